The smallest absolute Gasteiger partial charge is 0.410 e. The third-order valence-corrected chi connectivity index (χ3v) is 5.34. The van der Waals surface area contributed by atoms with E-state index in [1.807, 2.05) is 34.6 Å². The van der Waals surface area contributed by atoms with Crippen LogP contribution in [0.4, 0.5) is 20.6 Å². The standard InChI is InChI=1S/C25H29FN6O3.C3H8.C2H6/c1-25(2,3)35-24(33)32-10-4-5-19(32)14-29-21-15-30-22(16-11-17(26)13-28-12-16)31-23(21)34-20-8-6-18(27)7-9-20;1-3-2;1-2/h6-9,11-13,15,19,29H,4-5,10,14,27H2,1-3H3;3H2,1-2H3;1-2H3. The number of hydrogen-bond donors (Lipinski definition) is 2. The van der Waals surface area contributed by atoms with E-state index in [9.17, 15) is 9.18 Å². The number of nitrogens with one attached hydrogen (secondary N) is 1. The topological polar surface area (TPSA) is 115 Å². The molecule has 1 unspecified atom stereocenters. The van der Waals surface area contributed by atoms with Gasteiger partial charge in [0.25, 0.3) is 0 Å². The molecule has 0 radical (unpaired) electrons. The Morgan fingerprint density at radius 1 is 1.15 bits per heavy atom. The van der Waals surface area contributed by atoms with Gasteiger partial charge in [0, 0.05) is 30.5 Å². The zero-order chi connectivity index (χ0) is 29.7. The van der Waals surface area contributed by atoms with Gasteiger partial charge in [0.2, 0.25) is 5.88 Å². The number of carbonyl (C=O) groups excluding carboxylic acids is 1. The second-order valence-corrected chi connectivity index (χ2v) is 10.0. The lowest BCUT2D eigenvalue weighted by atomic mass is 10.2. The number of halogens is 1. The highest BCUT2D eigenvalue weighted by Gasteiger charge is 2.32. The Balaban J connectivity index is 0.00000105. The number of rotatable bonds is 6. The predicted octanol–water partition coefficient (Wildman–Crippen LogP) is 7.31. The van der Waals surface area contributed by atoms with Crippen LogP contribution in [-0.4, -0.2) is 50.7 Å². The van der Waals surface area contributed by atoms with E-state index in [0.29, 0.717) is 35.8 Å². The summed E-state index contributed by atoms with van der Waals surface area (Å²) in [5.74, 6) is 0.563. The van der Waals surface area contributed by atoms with Gasteiger partial charge in [0.15, 0.2) is 5.82 Å². The first kappa shape index (κ1) is 32.3. The third kappa shape index (κ3) is 9.98. The van der Waals surface area contributed by atoms with E-state index in [4.69, 9.17) is 15.2 Å². The van der Waals surface area contributed by atoms with Gasteiger partial charge >= 0.3 is 6.09 Å². The van der Waals surface area contributed by atoms with Crippen LogP contribution in [0.3, 0.4) is 0 Å². The maximum absolute atomic E-state index is 13.7. The molecule has 0 spiro atoms. The maximum Gasteiger partial charge on any atom is 0.410 e. The van der Waals surface area contributed by atoms with Crippen LogP contribution in [0.15, 0.2) is 48.9 Å². The molecule has 0 saturated carbocycles. The highest BCUT2D eigenvalue weighted by molar-refractivity contribution is 5.69. The number of nitrogens with zero attached hydrogens (tertiary/aromatic N) is 4. The Morgan fingerprint density at radius 2 is 1.82 bits per heavy atom. The van der Waals surface area contributed by atoms with Crippen molar-refractivity contribution in [1.82, 2.24) is 19.9 Å². The van der Waals surface area contributed by atoms with Crippen LogP contribution in [0.1, 0.15) is 67.7 Å². The summed E-state index contributed by atoms with van der Waals surface area (Å²) in [6, 6.07) is 8.15. The largest absolute Gasteiger partial charge is 0.444 e. The monoisotopic (exact) mass is 554 g/mol. The summed E-state index contributed by atoms with van der Waals surface area (Å²) < 4.78 is 25.3. The molecular weight excluding hydrogens is 511 g/mol. The first-order chi connectivity index (χ1) is 19.1. The Labute approximate surface area is 237 Å². The van der Waals surface area contributed by atoms with Gasteiger partial charge in [-0.1, -0.05) is 34.1 Å². The number of ether oxygens (including phenoxy) is 2. The van der Waals surface area contributed by atoms with Gasteiger partial charge in [-0.25, -0.2) is 14.2 Å². The SMILES string of the molecule is CC.CC(C)(C)OC(=O)N1CCCC1CNc1cnc(-c2cncc(F)c2)nc1Oc1ccc(N)cc1.CCC. The molecular formula is C30H43FN6O3. The molecule has 0 aliphatic carbocycles. The van der Waals surface area contributed by atoms with Crippen molar-refractivity contribution in [2.75, 3.05) is 24.1 Å². The van der Waals surface area contributed by atoms with Gasteiger partial charge < -0.3 is 25.4 Å². The normalized spacial score (nSPS) is 14.3. The van der Waals surface area contributed by atoms with Gasteiger partial charge in [0.05, 0.1) is 18.4 Å². The fourth-order valence-electron chi connectivity index (χ4n) is 3.72. The number of likely N-dealkylation sites (tertiary alicyclic amines) is 1. The van der Waals surface area contributed by atoms with E-state index in [1.54, 1.807) is 35.4 Å². The lowest BCUT2D eigenvalue weighted by molar-refractivity contribution is 0.0235. The van der Waals surface area contributed by atoms with Gasteiger partial charge in [0.1, 0.15) is 22.9 Å². The van der Waals surface area contributed by atoms with Gasteiger partial charge in [-0.2, -0.15) is 4.98 Å². The van der Waals surface area contributed by atoms with Crippen molar-refractivity contribution in [1.29, 1.82) is 0 Å². The molecule has 40 heavy (non-hydrogen) atoms. The second-order valence-electron chi connectivity index (χ2n) is 10.0. The number of benzene rings is 1. The second kappa shape index (κ2) is 15.6. The molecule has 1 atom stereocenters. The molecule has 218 valence electrons. The Morgan fingerprint density at radius 3 is 2.45 bits per heavy atom. The van der Waals surface area contributed by atoms with Crippen LogP contribution >= 0.6 is 0 Å². The summed E-state index contributed by atoms with van der Waals surface area (Å²) in [7, 11) is 0. The number of anilines is 2. The van der Waals surface area contributed by atoms with Crippen LogP contribution in [0.25, 0.3) is 11.4 Å². The van der Waals surface area contributed by atoms with Crippen LogP contribution in [0, 0.1) is 5.82 Å². The molecule has 9 nitrogen and oxygen atoms in total. The van der Waals surface area contributed by atoms with Crippen molar-refractivity contribution in [2.45, 2.75) is 79.4 Å². The summed E-state index contributed by atoms with van der Waals surface area (Å²) in [4.78, 5) is 27.1. The minimum Gasteiger partial charge on any atom is -0.444 e. The van der Waals surface area contributed by atoms with Crippen molar-refractivity contribution < 1.29 is 18.7 Å². The third-order valence-electron chi connectivity index (χ3n) is 5.34. The average molecular weight is 555 g/mol. The first-order valence-electron chi connectivity index (χ1n) is 13.8. The van der Waals surface area contributed by atoms with E-state index in [0.717, 1.165) is 19.0 Å². The molecule has 1 fully saturated rings. The van der Waals surface area contributed by atoms with E-state index in [-0.39, 0.29) is 23.8 Å². The first-order valence-corrected chi connectivity index (χ1v) is 13.8. The van der Waals surface area contributed by atoms with E-state index in [1.165, 1.54) is 18.7 Å². The predicted molar refractivity (Wildman–Crippen MR) is 158 cm³/mol. The number of carbonyl (C=O) groups is 1. The quantitative estimate of drug-likeness (QED) is 0.305. The van der Waals surface area contributed by atoms with Crippen molar-refractivity contribution >= 4 is 17.5 Å². The molecule has 3 heterocycles. The van der Waals surface area contributed by atoms with Crippen molar-refractivity contribution in [3.63, 3.8) is 0 Å². The van der Waals surface area contributed by atoms with E-state index < -0.39 is 11.4 Å². The van der Waals surface area contributed by atoms with E-state index >= 15 is 0 Å². The molecule has 1 saturated heterocycles. The molecule has 3 aromatic rings. The Kier molecular flexibility index (Phi) is 12.6. The summed E-state index contributed by atoms with van der Waals surface area (Å²) in [5.41, 5.74) is 6.78. The number of nitrogen functional groups attached to an aromatic ring is 1. The van der Waals surface area contributed by atoms with Gasteiger partial charge in [-0.05, 0) is 63.9 Å². The molecule has 1 aromatic carbocycles. The Bertz CT molecular complexity index is 1200. The molecule has 1 amide bonds. The summed E-state index contributed by atoms with van der Waals surface area (Å²) in [6.07, 6.45) is 6.83. The van der Waals surface area contributed by atoms with Gasteiger partial charge in [-0.3, -0.25) is 4.98 Å². The van der Waals surface area contributed by atoms with Crippen LogP contribution in [0.5, 0.6) is 11.6 Å². The zero-order valence-electron chi connectivity index (χ0n) is 24.7. The van der Waals surface area contributed by atoms with Crippen molar-refractivity contribution in [2.24, 2.45) is 0 Å². The highest BCUT2D eigenvalue weighted by Crippen LogP contribution is 2.31. The average Bonchev–Trinajstić information content (AvgIpc) is 3.39. The maximum atomic E-state index is 13.7. The number of pyridine rings is 1. The number of aromatic nitrogens is 3. The van der Waals surface area contributed by atoms with Crippen molar-refractivity contribution in [3.05, 3.63) is 54.7 Å². The number of nitrogens with two attached hydrogens (primary N) is 1. The molecule has 4 rings (SSSR count). The number of amides is 1. The molecule has 10 heteroatoms. The van der Waals surface area contributed by atoms with Crippen LogP contribution < -0.4 is 15.8 Å². The fourth-order valence-corrected chi connectivity index (χ4v) is 3.72. The zero-order valence-corrected chi connectivity index (χ0v) is 24.7. The summed E-state index contributed by atoms with van der Waals surface area (Å²) in [6.45, 7) is 14.9. The molecule has 3 N–H and O–H groups in total. The summed E-state index contributed by atoms with van der Waals surface area (Å²) in [5, 5.41) is 3.31. The minimum atomic E-state index is -0.562. The highest BCUT2D eigenvalue weighted by atomic mass is 19.1. The number of hydrogen-bond acceptors (Lipinski definition) is 8. The molecule has 0 bridgehead atoms. The Hall–Kier alpha value is -3.95. The molecule has 1 aliphatic rings. The molecule has 2 aromatic heterocycles. The van der Waals surface area contributed by atoms with Crippen LogP contribution in [-0.2, 0) is 4.74 Å². The van der Waals surface area contributed by atoms with Crippen molar-refractivity contribution in [3.8, 4) is 23.0 Å². The molecule has 1 aliphatic heterocycles. The lowest BCUT2D eigenvalue weighted by Crippen LogP contribution is -2.42. The summed E-state index contributed by atoms with van der Waals surface area (Å²) >= 11 is 0. The minimum absolute atomic E-state index is 0.0543. The van der Waals surface area contributed by atoms with Gasteiger partial charge in [-0.15, -0.1) is 0 Å². The van der Waals surface area contributed by atoms with Crippen LogP contribution in [0.2, 0.25) is 0 Å². The fraction of sp³-hybridized carbons (Fsp3) is 0.467. The van der Waals surface area contributed by atoms with E-state index in [2.05, 4.69) is 34.1 Å². The lowest BCUT2D eigenvalue weighted by Gasteiger charge is -2.29.